The number of pyridine rings is 1. The fourth-order valence-corrected chi connectivity index (χ4v) is 6.60. The molecule has 1 spiro atoms. The third-order valence-electron chi connectivity index (χ3n) is 8.32. The van der Waals surface area contributed by atoms with E-state index in [9.17, 15) is 4.79 Å². The Balaban J connectivity index is 1.34. The maximum Gasteiger partial charge on any atom is 0.410 e. The first kappa shape index (κ1) is 30.4. The summed E-state index contributed by atoms with van der Waals surface area (Å²) >= 11 is 0. The minimum atomic E-state index is -1.14. The van der Waals surface area contributed by atoms with Gasteiger partial charge in [0.05, 0.1) is 23.0 Å². The number of nitrogens with zero attached hydrogens (tertiary/aromatic N) is 7. The number of amides is 1. The first-order chi connectivity index (χ1) is 19.7. The van der Waals surface area contributed by atoms with Gasteiger partial charge in [0.1, 0.15) is 18.1 Å². The molecular formula is C31H47N7O3Si. The zero-order valence-corrected chi connectivity index (χ0v) is 27.7. The molecule has 11 heteroatoms. The molecule has 0 unspecified atom stereocenters. The van der Waals surface area contributed by atoms with Gasteiger partial charge >= 0.3 is 6.09 Å². The lowest BCUT2D eigenvalue weighted by Gasteiger charge is -2.40. The van der Waals surface area contributed by atoms with Crippen molar-refractivity contribution in [3.63, 3.8) is 0 Å². The van der Waals surface area contributed by atoms with Crippen LogP contribution in [0.1, 0.15) is 51.4 Å². The highest BCUT2D eigenvalue weighted by atomic mass is 28.3. The van der Waals surface area contributed by atoms with E-state index in [4.69, 9.17) is 24.5 Å². The number of carbonyl (C=O) groups excluding carboxylic acids is 1. The van der Waals surface area contributed by atoms with Crippen molar-refractivity contribution < 1.29 is 14.3 Å². The van der Waals surface area contributed by atoms with Crippen molar-refractivity contribution in [2.24, 2.45) is 5.41 Å². The first-order valence-corrected chi connectivity index (χ1v) is 18.9. The number of fused-ring (bicyclic) bond motifs is 1. The molecule has 3 aromatic heterocycles. The normalized spacial score (nSPS) is 17.4. The van der Waals surface area contributed by atoms with E-state index in [0.717, 1.165) is 91.8 Å². The van der Waals surface area contributed by atoms with Crippen LogP contribution in [0.15, 0.2) is 18.5 Å². The number of carbonyl (C=O) groups is 1. The SMILES string of the molecule is Cc1cc2c(N3CCC4(CCN(C(=O)OC(C)(C)C)C4)CC3)nc(-c3cn(COCC[Si](C)(C)C)nc3C)nc2cn1. The quantitative estimate of drug-likeness (QED) is 0.241. The van der Waals surface area contributed by atoms with Crippen molar-refractivity contribution in [1.82, 2.24) is 29.6 Å². The number of aromatic nitrogens is 5. The molecule has 0 aliphatic carbocycles. The Kier molecular flexibility index (Phi) is 8.37. The van der Waals surface area contributed by atoms with E-state index in [-0.39, 0.29) is 11.5 Å². The summed E-state index contributed by atoms with van der Waals surface area (Å²) in [4.78, 5) is 31.6. The fourth-order valence-electron chi connectivity index (χ4n) is 5.84. The van der Waals surface area contributed by atoms with Gasteiger partial charge in [0.25, 0.3) is 0 Å². The lowest BCUT2D eigenvalue weighted by atomic mass is 9.78. The van der Waals surface area contributed by atoms with Crippen LogP contribution in [0.4, 0.5) is 10.6 Å². The summed E-state index contributed by atoms with van der Waals surface area (Å²) in [6, 6.07) is 3.21. The highest BCUT2D eigenvalue weighted by molar-refractivity contribution is 6.76. The average molecular weight is 594 g/mol. The van der Waals surface area contributed by atoms with Crippen molar-refractivity contribution in [3.05, 3.63) is 29.8 Å². The highest BCUT2D eigenvalue weighted by Crippen LogP contribution is 2.42. The van der Waals surface area contributed by atoms with E-state index in [2.05, 4.69) is 35.6 Å². The molecule has 10 nitrogen and oxygen atoms in total. The van der Waals surface area contributed by atoms with Crippen LogP contribution < -0.4 is 4.90 Å². The predicted molar refractivity (Wildman–Crippen MR) is 168 cm³/mol. The first-order valence-electron chi connectivity index (χ1n) is 15.2. The summed E-state index contributed by atoms with van der Waals surface area (Å²) < 4.78 is 13.4. The van der Waals surface area contributed by atoms with Crippen LogP contribution in [0.2, 0.25) is 25.7 Å². The molecule has 1 amide bonds. The molecule has 3 aromatic rings. The van der Waals surface area contributed by atoms with Crippen molar-refractivity contribution in [2.45, 2.75) is 91.9 Å². The molecule has 228 valence electrons. The molecule has 0 radical (unpaired) electrons. The van der Waals surface area contributed by atoms with Gasteiger partial charge in [-0.1, -0.05) is 19.6 Å². The molecule has 2 aliphatic rings. The van der Waals surface area contributed by atoms with Crippen LogP contribution in [0.5, 0.6) is 0 Å². The molecule has 5 heterocycles. The summed E-state index contributed by atoms with van der Waals surface area (Å²) in [5, 5.41) is 5.72. The second kappa shape index (κ2) is 11.6. The van der Waals surface area contributed by atoms with Gasteiger partial charge in [0.2, 0.25) is 0 Å². The number of piperidine rings is 1. The van der Waals surface area contributed by atoms with Gasteiger partial charge in [-0.3, -0.25) is 4.98 Å². The lowest BCUT2D eigenvalue weighted by Crippen LogP contribution is -2.43. The van der Waals surface area contributed by atoms with Crippen LogP contribution in [0.25, 0.3) is 22.3 Å². The lowest BCUT2D eigenvalue weighted by molar-refractivity contribution is 0.0266. The highest BCUT2D eigenvalue weighted by Gasteiger charge is 2.43. The molecule has 0 bridgehead atoms. The predicted octanol–water partition coefficient (Wildman–Crippen LogP) is 6.04. The third kappa shape index (κ3) is 7.11. The minimum Gasteiger partial charge on any atom is -0.444 e. The zero-order valence-electron chi connectivity index (χ0n) is 26.7. The van der Waals surface area contributed by atoms with Gasteiger partial charge in [-0.15, -0.1) is 0 Å². The number of hydrogen-bond acceptors (Lipinski definition) is 8. The number of anilines is 1. The van der Waals surface area contributed by atoms with Crippen molar-refractivity contribution in [2.75, 3.05) is 37.7 Å². The van der Waals surface area contributed by atoms with Crippen LogP contribution in [-0.2, 0) is 16.2 Å². The number of likely N-dealkylation sites (tertiary alicyclic amines) is 1. The van der Waals surface area contributed by atoms with Crippen LogP contribution in [0.3, 0.4) is 0 Å². The Hall–Kier alpha value is -3.05. The van der Waals surface area contributed by atoms with Crippen LogP contribution >= 0.6 is 0 Å². The van der Waals surface area contributed by atoms with E-state index >= 15 is 0 Å². The monoisotopic (exact) mass is 593 g/mol. The molecular weight excluding hydrogens is 546 g/mol. The molecule has 5 rings (SSSR count). The Morgan fingerprint density at radius 2 is 1.79 bits per heavy atom. The smallest absolute Gasteiger partial charge is 0.410 e. The molecule has 2 saturated heterocycles. The van der Waals surface area contributed by atoms with E-state index < -0.39 is 13.7 Å². The van der Waals surface area contributed by atoms with Gasteiger partial charge in [-0.2, -0.15) is 5.10 Å². The summed E-state index contributed by atoms with van der Waals surface area (Å²) in [5.41, 5.74) is 3.20. The summed E-state index contributed by atoms with van der Waals surface area (Å²) in [5.74, 6) is 1.60. The Morgan fingerprint density at radius 3 is 2.48 bits per heavy atom. The van der Waals surface area contributed by atoms with Gasteiger partial charge in [-0.25, -0.2) is 19.4 Å². The largest absolute Gasteiger partial charge is 0.444 e. The summed E-state index contributed by atoms with van der Waals surface area (Å²) in [6.45, 7) is 21.2. The van der Waals surface area contributed by atoms with E-state index in [0.29, 0.717) is 12.6 Å². The van der Waals surface area contributed by atoms with Crippen molar-refractivity contribution >= 4 is 30.9 Å². The Morgan fingerprint density at radius 1 is 1.07 bits per heavy atom. The Bertz CT molecular complexity index is 1430. The second-order valence-corrected chi connectivity index (χ2v) is 20.0. The summed E-state index contributed by atoms with van der Waals surface area (Å²) in [7, 11) is -1.14. The topological polar surface area (TPSA) is 98.5 Å². The molecule has 2 aliphatic heterocycles. The van der Waals surface area contributed by atoms with Gasteiger partial charge in [0, 0.05) is 58.1 Å². The van der Waals surface area contributed by atoms with E-state index in [1.807, 2.05) is 56.6 Å². The standard InChI is InChI=1S/C31H47N7O3Si/c1-22-17-24-26(18-32-22)33-27(25-19-38(35-23(25)2)21-40-15-16-42(6,7)8)34-28(24)36-12-9-31(10-13-36)11-14-37(20-31)29(39)41-30(3,4)5/h17-19H,9-16,20-21H2,1-8H3. The molecule has 2 fully saturated rings. The maximum atomic E-state index is 12.7. The summed E-state index contributed by atoms with van der Waals surface area (Å²) in [6.07, 6.45) is 6.65. The number of ether oxygens (including phenoxy) is 2. The van der Waals surface area contributed by atoms with Crippen LogP contribution in [-0.4, -0.2) is 82.2 Å². The fraction of sp³-hybridized carbons (Fsp3) is 0.645. The zero-order chi connectivity index (χ0) is 30.3. The van der Waals surface area contributed by atoms with Crippen molar-refractivity contribution in [3.8, 4) is 11.4 Å². The van der Waals surface area contributed by atoms with Gasteiger partial charge < -0.3 is 19.3 Å². The number of aryl methyl sites for hydroxylation is 2. The maximum absolute atomic E-state index is 12.7. The minimum absolute atomic E-state index is 0.129. The van der Waals surface area contributed by atoms with Crippen LogP contribution in [0, 0.1) is 19.3 Å². The average Bonchev–Trinajstić information content (AvgIpc) is 3.48. The number of hydrogen-bond donors (Lipinski definition) is 0. The third-order valence-corrected chi connectivity index (χ3v) is 10.0. The van der Waals surface area contributed by atoms with Gasteiger partial charge in [-0.05, 0) is 71.4 Å². The molecule has 0 N–H and O–H groups in total. The second-order valence-electron chi connectivity index (χ2n) is 14.4. The molecule has 0 aromatic carbocycles. The van der Waals surface area contributed by atoms with E-state index in [1.54, 1.807) is 0 Å². The molecule has 0 atom stereocenters. The van der Waals surface area contributed by atoms with Crippen molar-refractivity contribution in [1.29, 1.82) is 0 Å². The Labute approximate surface area is 250 Å². The van der Waals surface area contributed by atoms with E-state index in [1.165, 1.54) is 0 Å². The number of rotatable bonds is 7. The molecule has 42 heavy (non-hydrogen) atoms. The van der Waals surface area contributed by atoms with Gasteiger partial charge in [0.15, 0.2) is 5.82 Å². The molecule has 0 saturated carbocycles.